The fraction of sp³-hybridized carbons (Fsp3) is 0.438. The lowest BCUT2D eigenvalue weighted by Crippen LogP contribution is -2.37. The molecule has 1 aromatic carbocycles. The molecule has 3 nitrogen and oxygen atoms in total. The summed E-state index contributed by atoms with van der Waals surface area (Å²) in [5.41, 5.74) is 2.75. The van der Waals surface area contributed by atoms with E-state index in [4.69, 9.17) is 0 Å². The highest BCUT2D eigenvalue weighted by Gasteiger charge is 2.21. The third-order valence-corrected chi connectivity index (χ3v) is 4.57. The summed E-state index contributed by atoms with van der Waals surface area (Å²) in [6.07, 6.45) is 4.34. The minimum absolute atomic E-state index is 0.562. The Morgan fingerprint density at radius 3 is 3.10 bits per heavy atom. The molecule has 0 amide bonds. The summed E-state index contributed by atoms with van der Waals surface area (Å²) in [5.74, 6) is 0. The molecule has 0 saturated carbocycles. The van der Waals surface area contributed by atoms with E-state index in [9.17, 15) is 0 Å². The molecule has 1 aromatic heterocycles. The van der Waals surface area contributed by atoms with Crippen LogP contribution >= 0.6 is 11.3 Å². The average Bonchev–Trinajstić information content (AvgIpc) is 2.91. The fourth-order valence-electron chi connectivity index (χ4n) is 2.84. The van der Waals surface area contributed by atoms with Crippen molar-refractivity contribution in [3.63, 3.8) is 0 Å². The molecule has 1 atom stereocenters. The highest BCUT2D eigenvalue weighted by atomic mass is 32.1. The molecule has 0 aliphatic carbocycles. The van der Waals surface area contributed by atoms with Crippen LogP contribution in [0, 0.1) is 0 Å². The Labute approximate surface area is 124 Å². The summed E-state index contributed by atoms with van der Waals surface area (Å²) < 4.78 is 0. The number of para-hydroxylation sites is 1. The number of benzene rings is 1. The second kappa shape index (κ2) is 6.37. The molecule has 1 aliphatic heterocycles. The van der Waals surface area contributed by atoms with Gasteiger partial charge in [0.05, 0.1) is 6.54 Å². The second-order valence-electron chi connectivity index (χ2n) is 5.30. The van der Waals surface area contributed by atoms with Gasteiger partial charge in [-0.05, 0) is 18.1 Å². The predicted octanol–water partition coefficient (Wildman–Crippen LogP) is 3.42. The third-order valence-electron chi connectivity index (χ3n) is 3.80. The van der Waals surface area contributed by atoms with Gasteiger partial charge in [0.15, 0.2) is 0 Å². The van der Waals surface area contributed by atoms with Crippen LogP contribution in [0.25, 0.3) is 0 Å². The zero-order valence-electron chi connectivity index (χ0n) is 11.9. The van der Waals surface area contributed by atoms with Crippen molar-refractivity contribution in [2.75, 3.05) is 11.4 Å². The lowest BCUT2D eigenvalue weighted by molar-refractivity contribution is 0.479. The summed E-state index contributed by atoms with van der Waals surface area (Å²) in [4.78, 5) is 6.92. The van der Waals surface area contributed by atoms with E-state index in [1.807, 2.05) is 6.20 Å². The van der Waals surface area contributed by atoms with Crippen LogP contribution in [0.2, 0.25) is 0 Å². The van der Waals surface area contributed by atoms with Gasteiger partial charge in [0, 0.05) is 36.4 Å². The Morgan fingerprint density at radius 1 is 1.40 bits per heavy atom. The minimum Gasteiger partial charge on any atom is -0.363 e. The molecule has 0 radical (unpaired) electrons. The number of thiazole rings is 1. The van der Waals surface area contributed by atoms with Gasteiger partial charge in [-0.2, -0.15) is 0 Å². The smallest absolute Gasteiger partial charge is 0.112 e. The zero-order chi connectivity index (χ0) is 13.8. The largest absolute Gasteiger partial charge is 0.363 e. The van der Waals surface area contributed by atoms with Crippen LogP contribution in [0.4, 0.5) is 5.69 Å². The Bertz CT molecular complexity index is 538. The van der Waals surface area contributed by atoms with Gasteiger partial charge in [-0.25, -0.2) is 4.98 Å². The van der Waals surface area contributed by atoms with Crippen molar-refractivity contribution in [2.24, 2.45) is 0 Å². The number of rotatable bonds is 4. The molecule has 0 fully saturated rings. The fourth-order valence-corrected chi connectivity index (χ4v) is 3.47. The molecule has 2 aromatic rings. The van der Waals surface area contributed by atoms with Gasteiger partial charge < -0.3 is 10.2 Å². The molecular formula is C16H21N3S. The van der Waals surface area contributed by atoms with Crippen LogP contribution < -0.4 is 10.2 Å². The van der Waals surface area contributed by atoms with Gasteiger partial charge in [-0.3, -0.25) is 0 Å². The van der Waals surface area contributed by atoms with E-state index in [0.29, 0.717) is 6.04 Å². The molecule has 1 aliphatic rings. The monoisotopic (exact) mass is 287 g/mol. The SMILES string of the molecule is CCCC1CN(Cc2nccs2)c2ccccc2CN1. The molecular weight excluding hydrogens is 266 g/mol. The van der Waals surface area contributed by atoms with Crippen molar-refractivity contribution >= 4 is 17.0 Å². The molecule has 2 heterocycles. The summed E-state index contributed by atoms with van der Waals surface area (Å²) in [6.45, 7) is 5.20. The van der Waals surface area contributed by atoms with Gasteiger partial charge in [-0.15, -0.1) is 11.3 Å². The van der Waals surface area contributed by atoms with Crippen LogP contribution in [0.1, 0.15) is 30.3 Å². The van der Waals surface area contributed by atoms with Crippen LogP contribution in [0.5, 0.6) is 0 Å². The number of anilines is 1. The van der Waals surface area contributed by atoms with Crippen molar-refractivity contribution in [1.29, 1.82) is 0 Å². The predicted molar refractivity (Wildman–Crippen MR) is 85.1 cm³/mol. The number of hydrogen-bond donors (Lipinski definition) is 1. The van der Waals surface area contributed by atoms with Crippen molar-refractivity contribution < 1.29 is 0 Å². The van der Waals surface area contributed by atoms with E-state index in [2.05, 4.69) is 51.8 Å². The topological polar surface area (TPSA) is 28.2 Å². The molecule has 1 N–H and O–H groups in total. The first kappa shape index (κ1) is 13.6. The lowest BCUT2D eigenvalue weighted by atomic mass is 10.1. The first-order chi connectivity index (χ1) is 9.86. The van der Waals surface area contributed by atoms with Gasteiger partial charge in [0.2, 0.25) is 0 Å². The van der Waals surface area contributed by atoms with Gasteiger partial charge in [0.1, 0.15) is 5.01 Å². The van der Waals surface area contributed by atoms with Crippen LogP contribution in [0.15, 0.2) is 35.8 Å². The van der Waals surface area contributed by atoms with E-state index in [1.54, 1.807) is 11.3 Å². The van der Waals surface area contributed by atoms with E-state index in [1.165, 1.54) is 29.1 Å². The Hall–Kier alpha value is -1.39. The second-order valence-corrected chi connectivity index (χ2v) is 6.28. The number of nitrogens with one attached hydrogen (secondary N) is 1. The summed E-state index contributed by atoms with van der Waals surface area (Å²) in [5, 5.41) is 6.94. The van der Waals surface area contributed by atoms with E-state index >= 15 is 0 Å². The van der Waals surface area contributed by atoms with Gasteiger partial charge in [-0.1, -0.05) is 31.5 Å². The summed E-state index contributed by atoms with van der Waals surface area (Å²) in [6, 6.07) is 9.29. The summed E-state index contributed by atoms with van der Waals surface area (Å²) >= 11 is 1.74. The van der Waals surface area contributed by atoms with E-state index in [-0.39, 0.29) is 0 Å². The molecule has 106 valence electrons. The Morgan fingerprint density at radius 2 is 2.30 bits per heavy atom. The highest BCUT2D eigenvalue weighted by Crippen LogP contribution is 2.26. The highest BCUT2D eigenvalue weighted by molar-refractivity contribution is 7.09. The molecule has 0 spiro atoms. The number of fused-ring (bicyclic) bond motifs is 1. The molecule has 1 unspecified atom stereocenters. The number of hydrogen-bond acceptors (Lipinski definition) is 4. The number of aromatic nitrogens is 1. The Balaban J connectivity index is 1.86. The molecule has 4 heteroatoms. The third kappa shape index (κ3) is 3.02. The average molecular weight is 287 g/mol. The van der Waals surface area contributed by atoms with Gasteiger partial charge >= 0.3 is 0 Å². The van der Waals surface area contributed by atoms with Crippen molar-refractivity contribution in [2.45, 2.75) is 38.9 Å². The van der Waals surface area contributed by atoms with E-state index in [0.717, 1.165) is 19.6 Å². The number of nitrogens with zero attached hydrogens (tertiary/aromatic N) is 2. The first-order valence-electron chi connectivity index (χ1n) is 7.31. The van der Waals surface area contributed by atoms with Crippen LogP contribution in [-0.2, 0) is 13.1 Å². The van der Waals surface area contributed by atoms with E-state index < -0.39 is 0 Å². The van der Waals surface area contributed by atoms with Crippen molar-refractivity contribution in [1.82, 2.24) is 10.3 Å². The maximum atomic E-state index is 4.44. The lowest BCUT2D eigenvalue weighted by Gasteiger charge is -2.26. The molecule has 0 saturated heterocycles. The molecule has 20 heavy (non-hydrogen) atoms. The van der Waals surface area contributed by atoms with Crippen molar-refractivity contribution in [3.05, 3.63) is 46.4 Å². The van der Waals surface area contributed by atoms with Crippen molar-refractivity contribution in [3.8, 4) is 0 Å². The summed E-state index contributed by atoms with van der Waals surface area (Å²) in [7, 11) is 0. The minimum atomic E-state index is 0.562. The first-order valence-corrected chi connectivity index (χ1v) is 8.19. The molecule has 0 bridgehead atoms. The quantitative estimate of drug-likeness (QED) is 0.934. The maximum Gasteiger partial charge on any atom is 0.112 e. The Kier molecular flexibility index (Phi) is 4.33. The van der Waals surface area contributed by atoms with Crippen LogP contribution in [-0.4, -0.2) is 17.6 Å². The molecule has 3 rings (SSSR count). The zero-order valence-corrected chi connectivity index (χ0v) is 12.7. The van der Waals surface area contributed by atoms with Gasteiger partial charge in [0.25, 0.3) is 0 Å². The standard InChI is InChI=1S/C16H21N3S/c1-2-5-14-11-19(12-16-17-8-9-20-16)15-7-4-3-6-13(15)10-18-14/h3-4,6-9,14,18H,2,5,10-12H2,1H3. The maximum absolute atomic E-state index is 4.44. The van der Waals surface area contributed by atoms with Crippen LogP contribution in [0.3, 0.4) is 0 Å². The normalized spacial score (nSPS) is 18.6.